The molecule has 0 radical (unpaired) electrons. The van der Waals surface area contributed by atoms with Gasteiger partial charge in [-0.05, 0) is 17.7 Å². The molecule has 0 saturated carbocycles. The van der Waals surface area contributed by atoms with Crippen molar-refractivity contribution in [2.75, 3.05) is 6.54 Å². The Labute approximate surface area is 79.0 Å². The van der Waals surface area contributed by atoms with Crippen LogP contribution in [-0.2, 0) is 0 Å². The summed E-state index contributed by atoms with van der Waals surface area (Å²) >= 11 is 0. The number of hydrogen-bond acceptors (Lipinski definition) is 1. The maximum Gasteiger partial charge on any atom is 0.127 e. The van der Waals surface area contributed by atoms with Crippen molar-refractivity contribution in [2.24, 2.45) is 5.11 Å². The number of halogens is 2. The van der Waals surface area contributed by atoms with Gasteiger partial charge in [-0.15, -0.1) is 0 Å². The van der Waals surface area contributed by atoms with E-state index >= 15 is 0 Å². The van der Waals surface area contributed by atoms with Gasteiger partial charge in [0.25, 0.3) is 0 Å². The maximum atomic E-state index is 12.6. The standard InChI is InChI=1S/C9H5F2N3/c10-8-4-7(5-9(11)6-8)2-1-3-13-14-12/h4-6H,3H2. The summed E-state index contributed by atoms with van der Waals surface area (Å²) in [7, 11) is 0. The van der Waals surface area contributed by atoms with Gasteiger partial charge in [0, 0.05) is 16.5 Å². The second-order valence-electron chi connectivity index (χ2n) is 2.35. The van der Waals surface area contributed by atoms with E-state index in [0.29, 0.717) is 0 Å². The van der Waals surface area contributed by atoms with Gasteiger partial charge in [-0.1, -0.05) is 17.0 Å². The van der Waals surface area contributed by atoms with Crippen LogP contribution in [0, 0.1) is 23.5 Å². The first-order valence-corrected chi connectivity index (χ1v) is 3.68. The molecule has 5 heteroatoms. The molecule has 0 amide bonds. The summed E-state index contributed by atoms with van der Waals surface area (Å²) in [4.78, 5) is 2.48. The van der Waals surface area contributed by atoms with Gasteiger partial charge in [0.1, 0.15) is 11.6 Å². The monoisotopic (exact) mass is 193 g/mol. The Morgan fingerprint density at radius 2 is 1.93 bits per heavy atom. The molecule has 70 valence electrons. The number of benzene rings is 1. The van der Waals surface area contributed by atoms with Crippen LogP contribution in [0.15, 0.2) is 23.3 Å². The van der Waals surface area contributed by atoms with Gasteiger partial charge in [-0.2, -0.15) is 0 Å². The van der Waals surface area contributed by atoms with Crippen molar-refractivity contribution in [1.82, 2.24) is 0 Å². The molecule has 0 aliphatic heterocycles. The highest BCUT2D eigenvalue weighted by atomic mass is 19.1. The fourth-order valence-electron chi connectivity index (χ4n) is 0.835. The van der Waals surface area contributed by atoms with Crippen LogP contribution >= 0.6 is 0 Å². The van der Waals surface area contributed by atoms with Crippen LogP contribution in [0.25, 0.3) is 10.4 Å². The van der Waals surface area contributed by atoms with Crippen LogP contribution in [0.1, 0.15) is 5.56 Å². The lowest BCUT2D eigenvalue weighted by Gasteiger charge is -1.91. The molecular weight excluding hydrogens is 188 g/mol. The summed E-state index contributed by atoms with van der Waals surface area (Å²) in [5.41, 5.74) is 8.14. The molecule has 1 aromatic carbocycles. The Morgan fingerprint density at radius 1 is 1.29 bits per heavy atom. The first kappa shape index (κ1) is 10.0. The smallest absolute Gasteiger partial charge is 0.127 e. The van der Waals surface area contributed by atoms with Gasteiger partial charge in [-0.3, -0.25) is 0 Å². The summed E-state index contributed by atoms with van der Waals surface area (Å²) in [6.45, 7) is -0.0192. The molecular formula is C9H5F2N3. The van der Waals surface area contributed by atoms with Crippen molar-refractivity contribution in [3.63, 3.8) is 0 Å². The molecule has 0 aliphatic rings. The lowest BCUT2D eigenvalue weighted by molar-refractivity contribution is 0.582. The van der Waals surface area contributed by atoms with E-state index in [1.54, 1.807) is 0 Å². The van der Waals surface area contributed by atoms with Crippen LogP contribution in [0.5, 0.6) is 0 Å². The highest BCUT2D eigenvalue weighted by molar-refractivity contribution is 5.35. The highest BCUT2D eigenvalue weighted by Gasteiger charge is 1.96. The molecule has 0 aromatic heterocycles. The van der Waals surface area contributed by atoms with Crippen LogP contribution in [0.2, 0.25) is 0 Å². The van der Waals surface area contributed by atoms with Crippen molar-refractivity contribution in [1.29, 1.82) is 0 Å². The number of nitrogens with zero attached hydrogens (tertiary/aromatic N) is 3. The molecule has 1 aromatic rings. The molecule has 0 fully saturated rings. The lowest BCUT2D eigenvalue weighted by atomic mass is 10.2. The fraction of sp³-hybridized carbons (Fsp3) is 0.111. The molecule has 0 heterocycles. The molecule has 0 unspecified atom stereocenters. The SMILES string of the molecule is [N-]=[N+]=NCC#Cc1cc(F)cc(F)c1. The highest BCUT2D eigenvalue weighted by Crippen LogP contribution is 2.06. The van der Waals surface area contributed by atoms with E-state index in [-0.39, 0.29) is 12.1 Å². The third kappa shape index (κ3) is 3.13. The molecule has 3 nitrogen and oxygen atoms in total. The van der Waals surface area contributed by atoms with E-state index in [1.807, 2.05) is 0 Å². The number of rotatable bonds is 1. The Balaban J connectivity index is 2.84. The predicted octanol–water partition coefficient (Wildman–Crippen LogP) is 2.63. The zero-order chi connectivity index (χ0) is 10.4. The summed E-state index contributed by atoms with van der Waals surface area (Å²) < 4.78 is 25.2. The largest absolute Gasteiger partial charge is 0.207 e. The predicted molar refractivity (Wildman–Crippen MR) is 47.2 cm³/mol. The molecule has 0 atom stereocenters. The summed E-state index contributed by atoms with van der Waals surface area (Å²) in [6, 6.07) is 2.97. The zero-order valence-corrected chi connectivity index (χ0v) is 7.04. The fourth-order valence-corrected chi connectivity index (χ4v) is 0.835. The van der Waals surface area contributed by atoms with E-state index in [9.17, 15) is 8.78 Å². The lowest BCUT2D eigenvalue weighted by Crippen LogP contribution is -1.83. The van der Waals surface area contributed by atoms with Gasteiger partial charge < -0.3 is 0 Å². The van der Waals surface area contributed by atoms with Crippen molar-refractivity contribution in [2.45, 2.75) is 0 Å². The van der Waals surface area contributed by atoms with E-state index in [1.165, 1.54) is 0 Å². The minimum atomic E-state index is -0.682. The minimum absolute atomic E-state index is 0.0192. The number of azide groups is 1. The van der Waals surface area contributed by atoms with Gasteiger partial charge in [0.15, 0.2) is 0 Å². The van der Waals surface area contributed by atoms with Crippen molar-refractivity contribution >= 4 is 0 Å². The third-order valence-electron chi connectivity index (χ3n) is 1.31. The van der Waals surface area contributed by atoms with E-state index in [4.69, 9.17) is 5.53 Å². The molecule has 0 spiro atoms. The number of hydrogen-bond donors (Lipinski definition) is 0. The van der Waals surface area contributed by atoms with Gasteiger partial charge >= 0.3 is 0 Å². The summed E-state index contributed by atoms with van der Waals surface area (Å²) in [5, 5.41) is 3.15. The van der Waals surface area contributed by atoms with Crippen molar-refractivity contribution in [3.8, 4) is 11.8 Å². The molecule has 0 N–H and O–H groups in total. The van der Waals surface area contributed by atoms with Crippen molar-refractivity contribution in [3.05, 3.63) is 45.8 Å². The van der Waals surface area contributed by atoms with Crippen LogP contribution in [0.4, 0.5) is 8.78 Å². The van der Waals surface area contributed by atoms with E-state index < -0.39 is 11.6 Å². The zero-order valence-electron chi connectivity index (χ0n) is 7.04. The molecule has 0 aliphatic carbocycles. The topological polar surface area (TPSA) is 48.8 Å². The van der Waals surface area contributed by atoms with Gasteiger partial charge in [0.2, 0.25) is 0 Å². The van der Waals surface area contributed by atoms with E-state index in [0.717, 1.165) is 18.2 Å². The average molecular weight is 193 g/mol. The van der Waals surface area contributed by atoms with Crippen molar-refractivity contribution < 1.29 is 8.78 Å². The average Bonchev–Trinajstić information content (AvgIpc) is 2.11. The Morgan fingerprint density at radius 3 is 2.50 bits per heavy atom. The molecule has 1 rings (SSSR count). The summed E-state index contributed by atoms with van der Waals surface area (Å²) in [6.07, 6.45) is 0. The first-order chi connectivity index (χ1) is 6.72. The normalized spacial score (nSPS) is 8.43. The van der Waals surface area contributed by atoms with Gasteiger partial charge in [-0.25, -0.2) is 8.78 Å². The van der Waals surface area contributed by atoms with Crippen LogP contribution in [-0.4, -0.2) is 6.54 Å². The second-order valence-corrected chi connectivity index (χ2v) is 2.35. The Kier molecular flexibility index (Phi) is 3.48. The van der Waals surface area contributed by atoms with Gasteiger partial charge in [0.05, 0.1) is 6.54 Å². The third-order valence-corrected chi connectivity index (χ3v) is 1.31. The summed E-state index contributed by atoms with van der Waals surface area (Å²) in [5.74, 6) is 3.55. The molecule has 0 bridgehead atoms. The van der Waals surface area contributed by atoms with Crippen LogP contribution < -0.4 is 0 Å². The van der Waals surface area contributed by atoms with E-state index in [2.05, 4.69) is 21.9 Å². The second kappa shape index (κ2) is 4.85. The Bertz CT molecular complexity index is 419. The molecule has 14 heavy (non-hydrogen) atoms. The maximum absolute atomic E-state index is 12.6. The molecule has 0 saturated heterocycles. The quantitative estimate of drug-likeness (QED) is 0.285. The first-order valence-electron chi connectivity index (χ1n) is 3.68. The van der Waals surface area contributed by atoms with Crippen LogP contribution in [0.3, 0.4) is 0 Å². The minimum Gasteiger partial charge on any atom is -0.207 e. The Hall–Kier alpha value is -2.05.